The molecule has 5 aliphatic carbocycles. The number of urea groups is 1. The van der Waals surface area contributed by atoms with E-state index in [-0.39, 0.29) is 47.0 Å². The molecular weight excluding hydrogens is 685 g/mol. The summed E-state index contributed by atoms with van der Waals surface area (Å²) in [6.45, 7) is 13.8. The fourth-order valence-corrected chi connectivity index (χ4v) is 11.6. The highest BCUT2D eigenvalue weighted by molar-refractivity contribution is 7.89. The molecule has 14 heteroatoms. The van der Waals surface area contributed by atoms with Gasteiger partial charge in [0.1, 0.15) is 12.1 Å². The molecule has 52 heavy (non-hydrogen) atoms. The summed E-state index contributed by atoms with van der Waals surface area (Å²) in [5.74, 6) is -2.14. The number of piperidine rings is 1. The molecule has 6 fully saturated rings. The Kier molecular flexibility index (Phi) is 10.6. The summed E-state index contributed by atoms with van der Waals surface area (Å²) in [4.78, 5) is 70.3. The first-order chi connectivity index (χ1) is 24.2. The highest BCUT2D eigenvalue weighted by Crippen LogP contribution is 2.65. The van der Waals surface area contributed by atoms with Crippen LogP contribution in [0, 0.1) is 28.6 Å². The summed E-state index contributed by atoms with van der Waals surface area (Å²) >= 11 is 0. The summed E-state index contributed by atoms with van der Waals surface area (Å²) in [6.07, 6.45) is 9.23. The lowest BCUT2D eigenvalue weighted by atomic mass is 9.83. The monoisotopic (exact) mass is 746 g/mol. The number of hydrogen-bond acceptors (Lipinski definition) is 7. The summed E-state index contributed by atoms with van der Waals surface area (Å²) in [7, 11) is -3.68. The first-order valence-corrected chi connectivity index (χ1v) is 21.4. The second-order valence-electron chi connectivity index (χ2n) is 18.9. The Morgan fingerprint density at radius 2 is 1.54 bits per heavy atom. The molecule has 0 aromatic rings. The molecule has 5 amide bonds. The molecule has 0 spiro atoms. The van der Waals surface area contributed by atoms with Crippen LogP contribution in [0.4, 0.5) is 4.79 Å². The minimum atomic E-state index is -3.68. The number of ketones is 1. The maximum Gasteiger partial charge on any atom is 0.315 e. The average molecular weight is 747 g/mol. The number of likely N-dealkylation sites (tertiary alicyclic amines) is 1. The van der Waals surface area contributed by atoms with Crippen molar-refractivity contribution in [3.63, 3.8) is 0 Å². The van der Waals surface area contributed by atoms with E-state index >= 15 is 0 Å². The molecule has 1 heterocycles. The van der Waals surface area contributed by atoms with Gasteiger partial charge in [0.15, 0.2) is 0 Å². The molecule has 0 radical (unpaired) electrons. The van der Waals surface area contributed by atoms with Crippen molar-refractivity contribution in [2.45, 2.75) is 167 Å². The third-order valence-corrected chi connectivity index (χ3v) is 14.8. The highest BCUT2D eigenvalue weighted by atomic mass is 32.2. The number of rotatable bonds is 15. The van der Waals surface area contributed by atoms with Crippen molar-refractivity contribution in [2.75, 3.05) is 12.3 Å². The van der Waals surface area contributed by atoms with Gasteiger partial charge in [0.2, 0.25) is 27.6 Å². The molecule has 6 rings (SSSR count). The minimum Gasteiger partial charge on any atom is -0.347 e. The summed E-state index contributed by atoms with van der Waals surface area (Å²) in [5.41, 5.74) is -1.91. The largest absolute Gasteiger partial charge is 0.347 e. The molecular formula is C38H62N6O7S. The lowest BCUT2D eigenvalue weighted by Gasteiger charge is -2.41. The van der Waals surface area contributed by atoms with E-state index in [1.165, 1.54) is 0 Å². The van der Waals surface area contributed by atoms with Crippen LogP contribution in [-0.2, 0) is 29.2 Å². The van der Waals surface area contributed by atoms with E-state index in [0.29, 0.717) is 25.8 Å². The van der Waals surface area contributed by atoms with Crippen molar-refractivity contribution in [3.8, 4) is 0 Å². The smallest absolute Gasteiger partial charge is 0.315 e. The van der Waals surface area contributed by atoms with E-state index in [4.69, 9.17) is 0 Å². The molecule has 5 atom stereocenters. The number of carbonyl (C=O) groups excluding carboxylic acids is 5. The Labute approximate surface area is 309 Å². The van der Waals surface area contributed by atoms with E-state index in [0.717, 1.165) is 57.8 Å². The van der Waals surface area contributed by atoms with E-state index in [1.807, 2.05) is 34.6 Å². The second-order valence-corrected chi connectivity index (χ2v) is 20.8. The number of fused-ring (bicyclic) bond motifs is 1. The van der Waals surface area contributed by atoms with Crippen LogP contribution < -0.4 is 21.3 Å². The number of Topliss-reactive ketones (excluding diaryl/α,β-unsaturated/α-hetero) is 1. The molecule has 0 aromatic carbocycles. The van der Waals surface area contributed by atoms with Crippen molar-refractivity contribution in [1.82, 2.24) is 30.5 Å². The highest BCUT2D eigenvalue weighted by Gasteiger charge is 2.70. The van der Waals surface area contributed by atoms with Gasteiger partial charge in [0, 0.05) is 24.7 Å². The molecule has 6 aliphatic rings. The van der Waals surface area contributed by atoms with Gasteiger partial charge in [-0.05, 0) is 87.4 Å². The Balaban J connectivity index is 1.18. The van der Waals surface area contributed by atoms with Gasteiger partial charge in [0.25, 0.3) is 5.91 Å². The normalized spacial score (nSPS) is 27.7. The zero-order chi connectivity index (χ0) is 38.0. The quantitative estimate of drug-likeness (QED) is 0.186. The first-order valence-electron chi connectivity index (χ1n) is 19.8. The molecule has 4 N–H and O–H groups in total. The molecule has 0 unspecified atom stereocenters. The van der Waals surface area contributed by atoms with Crippen molar-refractivity contribution >= 4 is 39.6 Å². The molecule has 1 aliphatic heterocycles. The summed E-state index contributed by atoms with van der Waals surface area (Å²) in [6, 6.07) is -3.61. The number of hydrogen-bond donors (Lipinski definition) is 4. The van der Waals surface area contributed by atoms with Crippen molar-refractivity contribution < 1.29 is 32.4 Å². The second kappa shape index (κ2) is 14.2. The lowest BCUT2D eigenvalue weighted by Crippen LogP contribution is -2.64. The van der Waals surface area contributed by atoms with Crippen LogP contribution in [0.25, 0.3) is 0 Å². The third kappa shape index (κ3) is 8.47. The van der Waals surface area contributed by atoms with E-state index < -0.39 is 68.6 Å². The molecule has 13 nitrogen and oxygen atoms in total. The van der Waals surface area contributed by atoms with Gasteiger partial charge in [-0.25, -0.2) is 13.2 Å². The number of nitrogens with one attached hydrogen (secondary N) is 4. The molecule has 0 bridgehead atoms. The molecule has 1 saturated heterocycles. The van der Waals surface area contributed by atoms with Crippen molar-refractivity contribution in [2.24, 2.45) is 28.6 Å². The van der Waals surface area contributed by atoms with Crippen LogP contribution in [0.2, 0.25) is 0 Å². The van der Waals surface area contributed by atoms with Gasteiger partial charge in [-0.3, -0.25) is 19.2 Å². The first kappa shape index (κ1) is 39.0. The fraction of sp³-hybridized carbons (Fsp3) is 0.868. The summed E-state index contributed by atoms with van der Waals surface area (Å²) in [5, 5.41) is 11.7. The predicted molar refractivity (Wildman–Crippen MR) is 196 cm³/mol. The fourth-order valence-electron chi connectivity index (χ4n) is 9.11. The Hall–Kier alpha value is -2.74. The Morgan fingerprint density at radius 3 is 2.08 bits per heavy atom. The number of amides is 5. The Morgan fingerprint density at radius 1 is 0.904 bits per heavy atom. The maximum atomic E-state index is 14.6. The van der Waals surface area contributed by atoms with Gasteiger partial charge >= 0.3 is 6.03 Å². The lowest BCUT2D eigenvalue weighted by molar-refractivity contribution is -0.145. The zero-order valence-corrected chi connectivity index (χ0v) is 33.1. The standard InChI is InChI=1S/C38H62N6O7S/c1-22(2)44(25-15-16-25)52(50,51)21-38(17-9-8-10-18-38)42-35(49)41-31(36(3,4)5)34(48)43-20-26-28(37(26,6)7)29(43)32(46)40-27(19-23-11-12-23)30(45)33(47)39-24-13-14-24/h22-29,31H,8-21H2,1-7H3,(H,39,47)(H,40,46)(H2,41,42,49)/t26-,27-,28-,29-,31+/m0/s1. The van der Waals surface area contributed by atoms with E-state index in [2.05, 4.69) is 35.1 Å². The Bertz CT molecular complexity index is 1540. The number of carbonyl (C=O) groups is 5. The summed E-state index contributed by atoms with van der Waals surface area (Å²) < 4.78 is 29.3. The number of nitrogens with zero attached hydrogens (tertiary/aromatic N) is 2. The zero-order valence-electron chi connectivity index (χ0n) is 32.3. The topological polar surface area (TPSA) is 174 Å². The van der Waals surface area contributed by atoms with Crippen LogP contribution in [0.1, 0.15) is 126 Å². The maximum absolute atomic E-state index is 14.6. The SMILES string of the molecule is CC(C)N(C1CC1)S(=O)(=O)CC1(NC(=O)N[C@H](C(=O)N2C[C@H]3[C@@H]([C@H]2C(=O)N[C@@H](CC2CC2)C(=O)C(=O)NC2CC2)C3(C)C)C(C)(C)C)CCCCC1. The van der Waals surface area contributed by atoms with Crippen LogP contribution in [0.5, 0.6) is 0 Å². The van der Waals surface area contributed by atoms with Gasteiger partial charge in [-0.2, -0.15) is 4.31 Å². The van der Waals surface area contributed by atoms with Crippen LogP contribution in [-0.4, -0.2) is 101 Å². The third-order valence-electron chi connectivity index (χ3n) is 12.6. The van der Waals surface area contributed by atoms with Gasteiger partial charge < -0.3 is 26.2 Å². The van der Waals surface area contributed by atoms with E-state index in [9.17, 15) is 32.4 Å². The molecule has 5 saturated carbocycles. The minimum absolute atomic E-state index is 0.00570. The van der Waals surface area contributed by atoms with Crippen molar-refractivity contribution in [1.29, 1.82) is 0 Å². The average Bonchev–Trinajstić information content (AvgIpc) is 3.84. The van der Waals surface area contributed by atoms with Gasteiger partial charge in [-0.1, -0.05) is 66.7 Å². The predicted octanol–water partition coefficient (Wildman–Crippen LogP) is 3.22. The van der Waals surface area contributed by atoms with Gasteiger partial charge in [-0.15, -0.1) is 0 Å². The van der Waals surface area contributed by atoms with Crippen LogP contribution in [0.15, 0.2) is 0 Å². The van der Waals surface area contributed by atoms with Crippen LogP contribution >= 0.6 is 0 Å². The molecule has 292 valence electrons. The molecule has 0 aromatic heterocycles. The van der Waals surface area contributed by atoms with E-state index in [1.54, 1.807) is 9.21 Å². The number of sulfonamides is 1. The van der Waals surface area contributed by atoms with Crippen LogP contribution in [0.3, 0.4) is 0 Å². The van der Waals surface area contributed by atoms with Gasteiger partial charge in [0.05, 0.1) is 17.3 Å². The van der Waals surface area contributed by atoms with Crippen molar-refractivity contribution in [3.05, 3.63) is 0 Å².